The van der Waals surface area contributed by atoms with Gasteiger partial charge in [-0.15, -0.1) is 0 Å². The molecule has 2 rings (SSSR count). The molecule has 7 heteroatoms. The van der Waals surface area contributed by atoms with Crippen molar-refractivity contribution in [3.05, 3.63) is 59.2 Å². The fourth-order valence-corrected chi connectivity index (χ4v) is 1.87. The first-order valence-electron chi connectivity index (χ1n) is 6.60. The number of pyridine rings is 2. The van der Waals surface area contributed by atoms with Gasteiger partial charge in [-0.25, -0.2) is 0 Å². The number of aliphatic hydroxyl groups is 1. The summed E-state index contributed by atoms with van der Waals surface area (Å²) in [5, 5.41) is 8.60. The number of hydrogen-bond donors (Lipinski definition) is 1. The number of rotatable bonds is 4. The van der Waals surface area contributed by atoms with Gasteiger partial charge in [-0.1, -0.05) is 12.1 Å². The molecule has 6 nitrogen and oxygen atoms in total. The molecule has 0 amide bonds. The van der Waals surface area contributed by atoms with E-state index in [0.717, 1.165) is 23.3 Å². The van der Waals surface area contributed by atoms with Crippen LogP contribution in [0.2, 0.25) is 0 Å². The molecule has 2 aromatic rings. The minimum absolute atomic E-state index is 0.000509. The molecule has 120 valence electrons. The van der Waals surface area contributed by atoms with Gasteiger partial charge < -0.3 is 5.11 Å². The van der Waals surface area contributed by atoms with Crippen LogP contribution in [0.1, 0.15) is 22.8 Å². The maximum Gasteiger partial charge on any atom is 0.264 e. The van der Waals surface area contributed by atoms with Crippen molar-refractivity contribution in [3.8, 4) is 0 Å². The number of hydrogen-bond acceptors (Lipinski definition) is 6. The van der Waals surface area contributed by atoms with Gasteiger partial charge in [-0.3, -0.25) is 14.2 Å². The van der Waals surface area contributed by atoms with Crippen molar-refractivity contribution in [2.24, 2.45) is 0 Å². The summed E-state index contributed by atoms with van der Waals surface area (Å²) in [6.45, 7) is 3.77. The van der Waals surface area contributed by atoms with E-state index in [0.29, 0.717) is 5.69 Å². The predicted octanol–water partition coefficient (Wildman–Crippen LogP) is 1.75. The van der Waals surface area contributed by atoms with Gasteiger partial charge in [0, 0.05) is 11.4 Å². The number of aryl methyl sites for hydroxylation is 2. The topological polar surface area (TPSA) is 89.4 Å². The summed E-state index contributed by atoms with van der Waals surface area (Å²) < 4.78 is 25.9. The molecule has 0 aromatic carbocycles. The lowest BCUT2D eigenvalue weighted by atomic mass is 10.3. The SMILES string of the molecule is Cc1cccc(CO)n1.Cc1cccc(COS(C)(=O)=O)n1. The normalized spacial score (nSPS) is 10.7. The lowest BCUT2D eigenvalue weighted by Gasteiger charge is -2.01. The Bertz CT molecular complexity index is 702. The molecule has 0 saturated carbocycles. The van der Waals surface area contributed by atoms with E-state index in [1.54, 1.807) is 12.1 Å². The summed E-state index contributed by atoms with van der Waals surface area (Å²) in [5.41, 5.74) is 3.14. The van der Waals surface area contributed by atoms with E-state index in [4.69, 9.17) is 5.11 Å². The molecule has 2 heterocycles. The number of aromatic nitrogens is 2. The molecule has 0 radical (unpaired) electrons. The summed E-state index contributed by atoms with van der Waals surface area (Å²) in [5.74, 6) is 0. The van der Waals surface area contributed by atoms with Crippen LogP contribution < -0.4 is 0 Å². The minimum atomic E-state index is -3.38. The Morgan fingerprint density at radius 1 is 1.00 bits per heavy atom. The second-order valence-corrected chi connectivity index (χ2v) is 6.31. The fourth-order valence-electron chi connectivity index (χ4n) is 1.53. The molecule has 0 aliphatic carbocycles. The molecule has 0 spiro atoms. The molecule has 0 unspecified atom stereocenters. The van der Waals surface area contributed by atoms with Crippen LogP contribution in [-0.4, -0.2) is 29.7 Å². The second-order valence-electron chi connectivity index (χ2n) is 4.67. The largest absolute Gasteiger partial charge is 0.390 e. The Morgan fingerprint density at radius 3 is 1.91 bits per heavy atom. The molecule has 0 bridgehead atoms. The van der Waals surface area contributed by atoms with Crippen LogP contribution in [0.3, 0.4) is 0 Å². The molecule has 22 heavy (non-hydrogen) atoms. The quantitative estimate of drug-likeness (QED) is 0.862. The lowest BCUT2D eigenvalue weighted by Crippen LogP contribution is -2.04. The Morgan fingerprint density at radius 2 is 1.50 bits per heavy atom. The average molecular weight is 324 g/mol. The van der Waals surface area contributed by atoms with E-state index >= 15 is 0 Å². The Hall–Kier alpha value is -1.83. The van der Waals surface area contributed by atoms with Gasteiger partial charge in [0.25, 0.3) is 10.1 Å². The molecule has 0 aliphatic heterocycles. The fraction of sp³-hybridized carbons (Fsp3) is 0.333. The van der Waals surface area contributed by atoms with Gasteiger partial charge >= 0.3 is 0 Å². The standard InChI is InChI=1S/C8H11NO3S.C7H9NO/c1-7-4-3-5-8(9-7)6-12-13(2,10)11;1-6-3-2-4-7(5-9)8-6/h3-5H,6H2,1-2H3;2-4,9H,5H2,1H3. The van der Waals surface area contributed by atoms with E-state index < -0.39 is 10.1 Å². The van der Waals surface area contributed by atoms with Gasteiger partial charge in [-0.2, -0.15) is 8.42 Å². The third kappa shape index (κ3) is 7.82. The monoisotopic (exact) mass is 324 g/mol. The van der Waals surface area contributed by atoms with Crippen molar-refractivity contribution in [2.75, 3.05) is 6.26 Å². The smallest absolute Gasteiger partial charge is 0.264 e. The maximum atomic E-state index is 10.6. The van der Waals surface area contributed by atoms with E-state index in [-0.39, 0.29) is 13.2 Å². The Kier molecular flexibility index (Phi) is 7.10. The van der Waals surface area contributed by atoms with Gasteiger partial charge in [0.05, 0.1) is 24.3 Å². The zero-order valence-electron chi connectivity index (χ0n) is 12.9. The summed E-state index contributed by atoms with van der Waals surface area (Å²) in [4.78, 5) is 8.13. The summed E-state index contributed by atoms with van der Waals surface area (Å²) >= 11 is 0. The van der Waals surface area contributed by atoms with Crippen LogP contribution in [0.25, 0.3) is 0 Å². The highest BCUT2D eigenvalue weighted by molar-refractivity contribution is 7.85. The molecule has 0 atom stereocenters. The highest BCUT2D eigenvalue weighted by Gasteiger charge is 2.02. The van der Waals surface area contributed by atoms with Gasteiger partial charge in [0.1, 0.15) is 6.61 Å². The summed E-state index contributed by atoms with van der Waals surface area (Å²) in [6, 6.07) is 10.9. The van der Waals surface area contributed by atoms with Crippen molar-refractivity contribution < 1.29 is 17.7 Å². The first-order chi connectivity index (χ1) is 10.3. The first-order valence-corrected chi connectivity index (χ1v) is 8.42. The predicted molar refractivity (Wildman–Crippen MR) is 83.5 cm³/mol. The van der Waals surface area contributed by atoms with Gasteiger partial charge in [-0.05, 0) is 38.1 Å². The molecule has 0 fully saturated rings. The third-order valence-electron chi connectivity index (χ3n) is 2.47. The first kappa shape index (κ1) is 18.2. The van der Waals surface area contributed by atoms with Crippen molar-refractivity contribution in [2.45, 2.75) is 27.1 Å². The lowest BCUT2D eigenvalue weighted by molar-refractivity contribution is 0.276. The average Bonchev–Trinajstić information content (AvgIpc) is 2.45. The van der Waals surface area contributed by atoms with Crippen LogP contribution in [0.4, 0.5) is 0 Å². The van der Waals surface area contributed by atoms with Crippen molar-refractivity contribution in [1.29, 1.82) is 0 Å². The van der Waals surface area contributed by atoms with Crippen LogP contribution >= 0.6 is 0 Å². The van der Waals surface area contributed by atoms with Crippen LogP contribution in [-0.2, 0) is 27.5 Å². The number of aliphatic hydroxyl groups excluding tert-OH is 1. The van der Waals surface area contributed by atoms with Crippen LogP contribution in [0.15, 0.2) is 36.4 Å². The molecule has 0 saturated heterocycles. The van der Waals surface area contributed by atoms with Gasteiger partial charge in [0.15, 0.2) is 0 Å². The van der Waals surface area contributed by atoms with Gasteiger partial charge in [0.2, 0.25) is 0 Å². The summed E-state index contributed by atoms with van der Waals surface area (Å²) in [7, 11) is -3.38. The maximum absolute atomic E-state index is 10.6. The highest BCUT2D eigenvalue weighted by Crippen LogP contribution is 2.01. The Balaban J connectivity index is 0.000000235. The second kappa shape index (κ2) is 8.57. The zero-order chi connectivity index (χ0) is 16.6. The molecular formula is C15H20N2O4S. The Labute approximate surface area is 131 Å². The molecule has 1 N–H and O–H groups in total. The van der Waals surface area contributed by atoms with E-state index in [1.165, 1.54) is 0 Å². The third-order valence-corrected chi connectivity index (χ3v) is 3.02. The molecule has 0 aliphatic rings. The van der Waals surface area contributed by atoms with Crippen molar-refractivity contribution >= 4 is 10.1 Å². The number of nitrogens with zero attached hydrogens (tertiary/aromatic N) is 2. The molecule has 2 aromatic heterocycles. The van der Waals surface area contributed by atoms with E-state index in [1.807, 2.05) is 38.1 Å². The zero-order valence-corrected chi connectivity index (χ0v) is 13.7. The minimum Gasteiger partial charge on any atom is -0.390 e. The van der Waals surface area contributed by atoms with E-state index in [9.17, 15) is 8.42 Å². The van der Waals surface area contributed by atoms with Crippen LogP contribution in [0.5, 0.6) is 0 Å². The summed E-state index contributed by atoms with van der Waals surface area (Å²) in [6.07, 6.45) is 1.02. The van der Waals surface area contributed by atoms with Crippen molar-refractivity contribution in [1.82, 2.24) is 9.97 Å². The van der Waals surface area contributed by atoms with E-state index in [2.05, 4.69) is 14.2 Å². The molecular weight excluding hydrogens is 304 g/mol. The van der Waals surface area contributed by atoms with Crippen molar-refractivity contribution in [3.63, 3.8) is 0 Å². The van der Waals surface area contributed by atoms with Crippen LogP contribution in [0, 0.1) is 13.8 Å². The highest BCUT2D eigenvalue weighted by atomic mass is 32.2.